The normalized spacial score (nSPS) is 22.4. The summed E-state index contributed by atoms with van der Waals surface area (Å²) in [6.07, 6.45) is -1.21. The van der Waals surface area contributed by atoms with Gasteiger partial charge < -0.3 is 60.5 Å². The minimum absolute atomic E-state index is 0.0308. The summed E-state index contributed by atoms with van der Waals surface area (Å²) in [7, 11) is 0. The molecule has 1 aliphatic carbocycles. The molecule has 0 aromatic heterocycles. The fourth-order valence-electron chi connectivity index (χ4n) is 11.5. The van der Waals surface area contributed by atoms with E-state index in [1.54, 1.807) is 115 Å². The van der Waals surface area contributed by atoms with E-state index < -0.39 is 35.9 Å². The molecule has 0 radical (unpaired) electrons. The Labute approximate surface area is 395 Å². The van der Waals surface area contributed by atoms with Crippen molar-refractivity contribution in [1.29, 1.82) is 0 Å². The second-order valence-corrected chi connectivity index (χ2v) is 18.4. The van der Waals surface area contributed by atoms with Gasteiger partial charge in [-0.1, -0.05) is 48.5 Å². The molecule has 2 aliphatic heterocycles. The SMILES string of the molecule is Oc1ccc(C2Oc3cc(O)cc(C4c5c(cc(O)cc5C5CC(c6cc(O)cc(O)c6)C(c6ccc(O)cc6)C5c5ccc(O)cc5)OC4c4ccc(O)cc4)c3C2c2cc(O)cc(O)c2)cc1. The van der Waals surface area contributed by atoms with Crippen molar-refractivity contribution in [1.82, 2.24) is 0 Å². The van der Waals surface area contributed by atoms with Crippen LogP contribution in [0.5, 0.6) is 69.0 Å². The molecule has 346 valence electrons. The van der Waals surface area contributed by atoms with Crippen LogP contribution < -0.4 is 9.47 Å². The molecule has 8 aromatic carbocycles. The van der Waals surface area contributed by atoms with Crippen molar-refractivity contribution in [2.45, 2.75) is 54.1 Å². The fourth-order valence-corrected chi connectivity index (χ4v) is 11.5. The summed E-state index contributed by atoms with van der Waals surface area (Å²) in [6.45, 7) is 0. The van der Waals surface area contributed by atoms with Crippen LogP contribution in [0.1, 0.15) is 110 Å². The molecular formula is C57H46O12. The maximum atomic E-state index is 11.8. The van der Waals surface area contributed by atoms with Crippen LogP contribution in [-0.2, 0) is 0 Å². The van der Waals surface area contributed by atoms with Gasteiger partial charge in [-0.2, -0.15) is 0 Å². The summed E-state index contributed by atoms with van der Waals surface area (Å²) in [5.74, 6) is -3.04. The molecule has 8 unspecified atom stereocenters. The smallest absolute Gasteiger partial charge is 0.135 e. The molecule has 8 atom stereocenters. The largest absolute Gasteiger partial charge is 0.508 e. The van der Waals surface area contributed by atoms with Crippen LogP contribution in [0.3, 0.4) is 0 Å². The molecule has 12 heteroatoms. The fraction of sp³-hybridized carbons (Fsp3) is 0.158. The Kier molecular flexibility index (Phi) is 10.3. The van der Waals surface area contributed by atoms with Crippen molar-refractivity contribution in [3.63, 3.8) is 0 Å². The Morgan fingerprint density at radius 3 is 1.09 bits per heavy atom. The lowest BCUT2D eigenvalue weighted by Crippen LogP contribution is -2.18. The van der Waals surface area contributed by atoms with Crippen LogP contribution in [-0.4, -0.2) is 51.1 Å². The summed E-state index contributed by atoms with van der Waals surface area (Å²) in [5.41, 5.74) is 6.76. The molecule has 1 saturated carbocycles. The number of ether oxygens (including phenoxy) is 2. The molecule has 2 heterocycles. The molecule has 12 nitrogen and oxygen atoms in total. The zero-order valence-corrected chi connectivity index (χ0v) is 36.6. The summed E-state index contributed by atoms with van der Waals surface area (Å²) >= 11 is 0. The van der Waals surface area contributed by atoms with E-state index in [1.165, 1.54) is 18.2 Å². The van der Waals surface area contributed by atoms with Gasteiger partial charge in [0.1, 0.15) is 81.2 Å². The lowest BCUT2D eigenvalue weighted by Gasteiger charge is -2.31. The molecule has 11 rings (SSSR count). The Bertz CT molecular complexity index is 3200. The quantitative estimate of drug-likeness (QED) is 0.0688. The molecule has 8 aromatic rings. The van der Waals surface area contributed by atoms with Crippen molar-refractivity contribution in [3.05, 3.63) is 213 Å². The summed E-state index contributed by atoms with van der Waals surface area (Å²) in [5, 5.41) is 109. The topological polar surface area (TPSA) is 221 Å². The first-order chi connectivity index (χ1) is 33.3. The van der Waals surface area contributed by atoms with Gasteiger partial charge in [0.05, 0.1) is 11.8 Å². The average molecular weight is 923 g/mol. The minimum Gasteiger partial charge on any atom is -0.508 e. The van der Waals surface area contributed by atoms with E-state index in [9.17, 15) is 51.1 Å². The van der Waals surface area contributed by atoms with Crippen molar-refractivity contribution in [2.24, 2.45) is 0 Å². The summed E-state index contributed by atoms with van der Waals surface area (Å²) < 4.78 is 13.8. The Hall–Kier alpha value is -8.64. The zero-order valence-electron chi connectivity index (χ0n) is 36.6. The second kappa shape index (κ2) is 16.6. The number of phenols is 10. The lowest BCUT2D eigenvalue weighted by molar-refractivity contribution is 0.219. The number of rotatable bonds is 8. The summed E-state index contributed by atoms with van der Waals surface area (Å²) in [4.78, 5) is 0. The van der Waals surface area contributed by atoms with Gasteiger partial charge in [-0.05, 0) is 160 Å². The van der Waals surface area contributed by atoms with Gasteiger partial charge in [-0.3, -0.25) is 0 Å². The monoisotopic (exact) mass is 922 g/mol. The summed E-state index contributed by atoms with van der Waals surface area (Å²) in [6, 6.07) is 42.4. The standard InChI is InChI=1S/C57H46O12/c58-34-9-1-28(2-10-34)50-44(32-17-38(62)21-39(63)18-32)27-46(51(50)29-3-11-35(59)12-4-29)45-23-42(66)25-48-53(45)55(57(69-48)31-7-15-37(61)16-8-31)47-24-43(67)26-49-54(47)52(33-19-40(64)22-41(65)20-33)56(68-49)30-5-13-36(60)14-6-30/h1-26,44,46,50-52,55-67H,27H2. The van der Waals surface area contributed by atoms with Crippen LogP contribution >= 0.6 is 0 Å². The highest BCUT2D eigenvalue weighted by molar-refractivity contribution is 5.65. The first-order valence-corrected chi connectivity index (χ1v) is 22.5. The van der Waals surface area contributed by atoms with E-state index in [2.05, 4.69) is 0 Å². The molecule has 0 amide bonds. The van der Waals surface area contributed by atoms with E-state index in [-0.39, 0.29) is 69.3 Å². The molecular weight excluding hydrogens is 877 g/mol. The van der Waals surface area contributed by atoms with E-state index in [4.69, 9.17) is 9.47 Å². The van der Waals surface area contributed by atoms with Crippen molar-refractivity contribution >= 4 is 0 Å². The highest BCUT2D eigenvalue weighted by atomic mass is 16.5. The molecule has 0 spiro atoms. The Morgan fingerprint density at radius 1 is 0.290 bits per heavy atom. The molecule has 10 N–H and O–H groups in total. The molecule has 0 bridgehead atoms. The van der Waals surface area contributed by atoms with Gasteiger partial charge in [0.2, 0.25) is 0 Å². The van der Waals surface area contributed by atoms with Crippen LogP contribution in [0.15, 0.2) is 158 Å². The average Bonchev–Trinajstić information content (AvgIpc) is 4.01. The highest BCUT2D eigenvalue weighted by Gasteiger charge is 2.51. The first kappa shape index (κ1) is 43.0. The van der Waals surface area contributed by atoms with Crippen LogP contribution in [0.2, 0.25) is 0 Å². The third-order valence-corrected chi connectivity index (χ3v) is 14.2. The van der Waals surface area contributed by atoms with E-state index in [0.29, 0.717) is 62.4 Å². The number of aromatic hydroxyl groups is 10. The maximum Gasteiger partial charge on any atom is 0.135 e. The van der Waals surface area contributed by atoms with Gasteiger partial charge in [0.25, 0.3) is 0 Å². The van der Waals surface area contributed by atoms with Crippen LogP contribution in [0, 0.1) is 0 Å². The number of benzene rings is 8. The van der Waals surface area contributed by atoms with Crippen molar-refractivity contribution in [2.75, 3.05) is 0 Å². The van der Waals surface area contributed by atoms with Gasteiger partial charge >= 0.3 is 0 Å². The third-order valence-electron chi connectivity index (χ3n) is 14.2. The molecule has 0 saturated heterocycles. The lowest BCUT2D eigenvalue weighted by atomic mass is 9.71. The highest BCUT2D eigenvalue weighted by Crippen LogP contribution is 2.66. The number of fused-ring (bicyclic) bond motifs is 2. The van der Waals surface area contributed by atoms with E-state index >= 15 is 0 Å². The predicted molar refractivity (Wildman–Crippen MR) is 254 cm³/mol. The zero-order chi connectivity index (χ0) is 47.8. The minimum atomic E-state index is -0.835. The van der Waals surface area contributed by atoms with Crippen LogP contribution in [0.4, 0.5) is 0 Å². The molecule has 1 fully saturated rings. The van der Waals surface area contributed by atoms with E-state index in [1.807, 2.05) is 24.3 Å². The first-order valence-electron chi connectivity index (χ1n) is 22.5. The van der Waals surface area contributed by atoms with Crippen LogP contribution in [0.25, 0.3) is 0 Å². The Balaban J connectivity index is 1.18. The van der Waals surface area contributed by atoms with Crippen molar-refractivity contribution < 1.29 is 60.5 Å². The van der Waals surface area contributed by atoms with Gasteiger partial charge in [-0.25, -0.2) is 0 Å². The predicted octanol–water partition coefficient (Wildman–Crippen LogP) is 11.1. The van der Waals surface area contributed by atoms with Gasteiger partial charge in [0, 0.05) is 35.4 Å². The third kappa shape index (κ3) is 7.69. The second-order valence-electron chi connectivity index (χ2n) is 18.4. The number of hydrogen-bond acceptors (Lipinski definition) is 12. The number of hydrogen-bond donors (Lipinski definition) is 10. The maximum absolute atomic E-state index is 11.8. The number of phenolic OH excluding ortho intramolecular Hbond substituents is 10. The molecule has 3 aliphatic rings. The van der Waals surface area contributed by atoms with E-state index in [0.717, 1.165) is 11.1 Å². The molecule has 69 heavy (non-hydrogen) atoms. The van der Waals surface area contributed by atoms with Gasteiger partial charge in [0.15, 0.2) is 0 Å². The Morgan fingerprint density at radius 2 is 0.638 bits per heavy atom. The van der Waals surface area contributed by atoms with Crippen molar-refractivity contribution in [3.8, 4) is 69.0 Å². The van der Waals surface area contributed by atoms with Gasteiger partial charge in [-0.15, -0.1) is 0 Å².